The SMILES string of the molecule is CCC(O)(CCCS(C)(=O)=O)C(C)C. The number of sulfone groups is 1. The molecule has 1 N–H and O–H groups in total. The van der Waals surface area contributed by atoms with Gasteiger partial charge in [0, 0.05) is 12.0 Å². The van der Waals surface area contributed by atoms with Crippen LogP contribution in [0.2, 0.25) is 0 Å². The average molecular weight is 222 g/mol. The number of hydrogen-bond donors (Lipinski definition) is 1. The summed E-state index contributed by atoms with van der Waals surface area (Å²) in [6.45, 7) is 5.86. The maximum atomic E-state index is 10.9. The highest BCUT2D eigenvalue weighted by Crippen LogP contribution is 2.26. The number of rotatable bonds is 6. The van der Waals surface area contributed by atoms with Gasteiger partial charge in [-0.05, 0) is 25.2 Å². The quantitative estimate of drug-likeness (QED) is 0.743. The van der Waals surface area contributed by atoms with Gasteiger partial charge in [0.2, 0.25) is 0 Å². The summed E-state index contributed by atoms with van der Waals surface area (Å²) in [4.78, 5) is 0. The zero-order valence-corrected chi connectivity index (χ0v) is 10.4. The van der Waals surface area contributed by atoms with Crippen molar-refractivity contribution in [2.75, 3.05) is 12.0 Å². The molecule has 3 nitrogen and oxygen atoms in total. The lowest BCUT2D eigenvalue weighted by molar-refractivity contribution is -0.0169. The van der Waals surface area contributed by atoms with E-state index in [0.717, 1.165) is 0 Å². The molecule has 0 aromatic heterocycles. The molecule has 0 saturated carbocycles. The lowest BCUT2D eigenvalue weighted by Crippen LogP contribution is -2.34. The summed E-state index contributed by atoms with van der Waals surface area (Å²) in [7, 11) is -2.89. The van der Waals surface area contributed by atoms with Crippen molar-refractivity contribution in [3.8, 4) is 0 Å². The summed E-state index contributed by atoms with van der Waals surface area (Å²) in [6, 6.07) is 0. The fourth-order valence-corrected chi connectivity index (χ4v) is 2.18. The largest absolute Gasteiger partial charge is 0.390 e. The molecule has 0 spiro atoms. The Labute approximate surface area is 87.4 Å². The van der Waals surface area contributed by atoms with Gasteiger partial charge in [0.1, 0.15) is 9.84 Å². The summed E-state index contributed by atoms with van der Waals surface area (Å²) in [6.07, 6.45) is 3.01. The molecule has 0 fully saturated rings. The highest BCUT2D eigenvalue weighted by atomic mass is 32.2. The van der Waals surface area contributed by atoms with E-state index in [4.69, 9.17) is 0 Å². The maximum absolute atomic E-state index is 10.9. The van der Waals surface area contributed by atoms with Crippen LogP contribution in [0.4, 0.5) is 0 Å². The third-order valence-electron chi connectivity index (χ3n) is 2.81. The second-order valence-electron chi connectivity index (χ2n) is 4.35. The Hall–Kier alpha value is -0.0900. The zero-order valence-electron chi connectivity index (χ0n) is 9.58. The Kier molecular flexibility index (Phi) is 5.09. The van der Waals surface area contributed by atoms with Crippen molar-refractivity contribution in [1.29, 1.82) is 0 Å². The van der Waals surface area contributed by atoms with Crippen LogP contribution in [0.1, 0.15) is 40.0 Å². The fourth-order valence-electron chi connectivity index (χ4n) is 1.51. The molecule has 1 unspecified atom stereocenters. The topological polar surface area (TPSA) is 54.4 Å². The van der Waals surface area contributed by atoms with Crippen LogP contribution in [0.3, 0.4) is 0 Å². The average Bonchev–Trinajstić information content (AvgIpc) is 2.01. The molecule has 86 valence electrons. The normalized spacial score (nSPS) is 17.0. The van der Waals surface area contributed by atoms with E-state index < -0.39 is 15.4 Å². The van der Waals surface area contributed by atoms with Crippen molar-refractivity contribution < 1.29 is 13.5 Å². The molecule has 0 aliphatic carbocycles. The van der Waals surface area contributed by atoms with Crippen LogP contribution in [0.25, 0.3) is 0 Å². The lowest BCUT2D eigenvalue weighted by Gasteiger charge is -2.31. The third kappa shape index (κ3) is 4.96. The van der Waals surface area contributed by atoms with E-state index in [0.29, 0.717) is 19.3 Å². The standard InChI is InChI=1S/C10H22O3S/c1-5-10(11,9(2)3)7-6-8-14(4,12)13/h9,11H,5-8H2,1-4H3. The van der Waals surface area contributed by atoms with Gasteiger partial charge in [0.15, 0.2) is 0 Å². The van der Waals surface area contributed by atoms with Gasteiger partial charge < -0.3 is 5.11 Å². The van der Waals surface area contributed by atoms with E-state index in [2.05, 4.69) is 0 Å². The molecule has 0 radical (unpaired) electrons. The second kappa shape index (κ2) is 5.12. The minimum Gasteiger partial charge on any atom is -0.390 e. The second-order valence-corrected chi connectivity index (χ2v) is 6.61. The van der Waals surface area contributed by atoms with Crippen LogP contribution in [0, 0.1) is 5.92 Å². The monoisotopic (exact) mass is 222 g/mol. The number of aliphatic hydroxyl groups is 1. The molecule has 0 aliphatic rings. The molecule has 0 aromatic rings. The van der Waals surface area contributed by atoms with E-state index in [9.17, 15) is 13.5 Å². The van der Waals surface area contributed by atoms with Gasteiger partial charge in [-0.2, -0.15) is 0 Å². The van der Waals surface area contributed by atoms with Gasteiger partial charge in [-0.3, -0.25) is 0 Å². The predicted molar refractivity (Wildman–Crippen MR) is 59.0 cm³/mol. The minimum absolute atomic E-state index is 0.169. The first-order valence-corrected chi connectivity index (χ1v) is 7.17. The van der Waals surface area contributed by atoms with E-state index in [-0.39, 0.29) is 11.7 Å². The summed E-state index contributed by atoms with van der Waals surface area (Å²) in [5.74, 6) is 0.342. The van der Waals surface area contributed by atoms with Crippen molar-refractivity contribution in [3.63, 3.8) is 0 Å². The third-order valence-corrected chi connectivity index (χ3v) is 3.84. The smallest absolute Gasteiger partial charge is 0.147 e. The van der Waals surface area contributed by atoms with Gasteiger partial charge in [0.25, 0.3) is 0 Å². The van der Waals surface area contributed by atoms with Crippen LogP contribution in [-0.4, -0.2) is 31.1 Å². The first kappa shape index (κ1) is 13.9. The molecule has 0 aliphatic heterocycles. The highest BCUT2D eigenvalue weighted by Gasteiger charge is 2.28. The summed E-state index contributed by atoms with van der Waals surface area (Å²) >= 11 is 0. The van der Waals surface area contributed by atoms with Gasteiger partial charge in [-0.1, -0.05) is 20.8 Å². The molecule has 0 aromatic carbocycles. The fraction of sp³-hybridized carbons (Fsp3) is 1.00. The Morgan fingerprint density at radius 1 is 1.36 bits per heavy atom. The Morgan fingerprint density at radius 3 is 2.14 bits per heavy atom. The maximum Gasteiger partial charge on any atom is 0.147 e. The minimum atomic E-state index is -2.89. The molecular formula is C10H22O3S. The molecule has 14 heavy (non-hydrogen) atoms. The molecule has 4 heteroatoms. The van der Waals surface area contributed by atoms with Crippen molar-refractivity contribution in [2.24, 2.45) is 5.92 Å². The van der Waals surface area contributed by atoms with Crippen LogP contribution >= 0.6 is 0 Å². The van der Waals surface area contributed by atoms with E-state index in [1.165, 1.54) is 6.26 Å². The van der Waals surface area contributed by atoms with E-state index >= 15 is 0 Å². The van der Waals surface area contributed by atoms with Crippen LogP contribution in [0.15, 0.2) is 0 Å². The molecule has 1 atom stereocenters. The zero-order chi connectivity index (χ0) is 11.4. The summed E-state index contributed by atoms with van der Waals surface area (Å²) in [5, 5.41) is 10.1. The van der Waals surface area contributed by atoms with Crippen molar-refractivity contribution in [3.05, 3.63) is 0 Å². The van der Waals surface area contributed by atoms with Gasteiger partial charge >= 0.3 is 0 Å². The molecule has 0 saturated heterocycles. The van der Waals surface area contributed by atoms with Crippen LogP contribution < -0.4 is 0 Å². The highest BCUT2D eigenvalue weighted by molar-refractivity contribution is 7.90. The van der Waals surface area contributed by atoms with Crippen LogP contribution in [0.5, 0.6) is 0 Å². The summed E-state index contributed by atoms with van der Waals surface area (Å²) < 4.78 is 21.8. The summed E-state index contributed by atoms with van der Waals surface area (Å²) in [5.41, 5.74) is -0.704. The van der Waals surface area contributed by atoms with Crippen molar-refractivity contribution >= 4 is 9.84 Å². The Balaban J connectivity index is 4.10. The molecule has 0 bridgehead atoms. The first-order chi connectivity index (χ1) is 6.21. The van der Waals surface area contributed by atoms with Crippen molar-refractivity contribution in [1.82, 2.24) is 0 Å². The Bertz CT molecular complexity index is 257. The lowest BCUT2D eigenvalue weighted by atomic mass is 9.84. The van der Waals surface area contributed by atoms with Gasteiger partial charge in [-0.25, -0.2) is 8.42 Å². The first-order valence-electron chi connectivity index (χ1n) is 5.11. The Morgan fingerprint density at radius 2 is 1.86 bits per heavy atom. The van der Waals surface area contributed by atoms with E-state index in [1.807, 2.05) is 20.8 Å². The molecule has 0 rings (SSSR count). The van der Waals surface area contributed by atoms with Gasteiger partial charge in [-0.15, -0.1) is 0 Å². The molecule has 0 heterocycles. The van der Waals surface area contributed by atoms with Crippen LogP contribution in [-0.2, 0) is 9.84 Å². The molecule has 0 amide bonds. The van der Waals surface area contributed by atoms with Crippen molar-refractivity contribution in [2.45, 2.75) is 45.6 Å². The van der Waals surface area contributed by atoms with Gasteiger partial charge in [0.05, 0.1) is 5.60 Å². The predicted octanol–water partition coefficient (Wildman–Crippen LogP) is 1.61. The number of hydrogen-bond acceptors (Lipinski definition) is 3. The van der Waals surface area contributed by atoms with E-state index in [1.54, 1.807) is 0 Å². The molecular weight excluding hydrogens is 200 g/mol.